The molecule has 1 aromatic carbocycles. The molecule has 0 atom stereocenters. The van der Waals surface area contributed by atoms with Gasteiger partial charge in [0, 0.05) is 17.2 Å². The van der Waals surface area contributed by atoms with E-state index in [2.05, 4.69) is 22.5 Å². The molecule has 1 heterocycles. The summed E-state index contributed by atoms with van der Waals surface area (Å²) in [5.74, 6) is 4.23. The number of pyridine rings is 1. The van der Waals surface area contributed by atoms with E-state index in [1.165, 1.54) is 44.6 Å². The lowest BCUT2D eigenvalue weighted by atomic mass is 9.53. The molecule has 0 aliphatic heterocycles. The van der Waals surface area contributed by atoms with Crippen LogP contribution in [0, 0.1) is 17.8 Å². The van der Waals surface area contributed by atoms with Crippen molar-refractivity contribution in [2.24, 2.45) is 17.8 Å². The highest BCUT2D eigenvalue weighted by atomic mass is 16.5. The first-order chi connectivity index (χ1) is 15.6. The van der Waals surface area contributed by atoms with Crippen molar-refractivity contribution in [2.75, 3.05) is 17.2 Å². The summed E-state index contributed by atoms with van der Waals surface area (Å²) in [7, 11) is 0. The normalized spacial score (nSPS) is 28.1. The number of rotatable bonds is 8. The van der Waals surface area contributed by atoms with Crippen LogP contribution in [-0.2, 0) is 4.79 Å². The topological polar surface area (TPSA) is 63.2 Å². The Balaban J connectivity index is 1.18. The summed E-state index contributed by atoms with van der Waals surface area (Å²) >= 11 is 0. The van der Waals surface area contributed by atoms with Gasteiger partial charge >= 0.3 is 0 Å². The third-order valence-electron chi connectivity index (χ3n) is 7.26. The summed E-state index contributed by atoms with van der Waals surface area (Å²) in [4.78, 5) is 17.0. The van der Waals surface area contributed by atoms with Crippen LogP contribution >= 0.6 is 0 Å². The molecule has 0 radical (unpaired) electrons. The van der Waals surface area contributed by atoms with E-state index in [-0.39, 0.29) is 11.4 Å². The lowest BCUT2D eigenvalue weighted by Gasteiger charge is -2.57. The zero-order valence-corrected chi connectivity index (χ0v) is 18.8. The van der Waals surface area contributed by atoms with Crippen molar-refractivity contribution in [3.8, 4) is 5.75 Å². The number of carbonyl (C=O) groups is 1. The van der Waals surface area contributed by atoms with Crippen LogP contribution in [0.3, 0.4) is 0 Å². The van der Waals surface area contributed by atoms with Crippen LogP contribution in [-0.4, -0.2) is 23.0 Å². The molecule has 1 aromatic heterocycles. The Morgan fingerprint density at radius 1 is 1.09 bits per heavy atom. The Kier molecular flexibility index (Phi) is 5.90. The van der Waals surface area contributed by atoms with Gasteiger partial charge in [-0.1, -0.05) is 25.1 Å². The molecule has 1 amide bonds. The minimum absolute atomic E-state index is 0.182. The van der Waals surface area contributed by atoms with E-state index in [0.29, 0.717) is 12.3 Å². The van der Waals surface area contributed by atoms with Gasteiger partial charge in [-0.15, -0.1) is 0 Å². The third kappa shape index (κ3) is 4.67. The molecule has 4 bridgehead atoms. The second-order valence-electron chi connectivity index (χ2n) is 9.96. The van der Waals surface area contributed by atoms with Gasteiger partial charge < -0.3 is 15.4 Å². The van der Waals surface area contributed by atoms with E-state index >= 15 is 0 Å². The van der Waals surface area contributed by atoms with Crippen LogP contribution in [0.15, 0.2) is 48.7 Å². The fraction of sp³-hybridized carbons (Fsp3) is 0.481. The maximum Gasteiger partial charge on any atom is 0.248 e. The lowest BCUT2D eigenvalue weighted by molar-refractivity contribution is -0.111. The van der Waals surface area contributed by atoms with E-state index < -0.39 is 0 Å². The highest BCUT2D eigenvalue weighted by Gasteiger charge is 2.51. The monoisotopic (exact) mass is 431 g/mol. The smallest absolute Gasteiger partial charge is 0.248 e. The molecule has 4 aliphatic carbocycles. The Labute approximate surface area is 190 Å². The van der Waals surface area contributed by atoms with Gasteiger partial charge in [-0.3, -0.25) is 4.79 Å². The molecule has 4 fully saturated rings. The van der Waals surface area contributed by atoms with Gasteiger partial charge in [0.2, 0.25) is 5.91 Å². The molecule has 5 heteroatoms. The number of hydrogen-bond acceptors (Lipinski definition) is 4. The zero-order chi connectivity index (χ0) is 22.0. The Morgan fingerprint density at radius 2 is 1.81 bits per heavy atom. The van der Waals surface area contributed by atoms with E-state index in [4.69, 9.17) is 4.74 Å². The van der Waals surface area contributed by atoms with Crippen molar-refractivity contribution < 1.29 is 9.53 Å². The number of benzene rings is 1. The highest BCUT2D eigenvalue weighted by Crippen LogP contribution is 2.56. The standard InChI is InChI=1S/C27H33N3O2/c1-2-11-32-24-6-4-3-5-22(24)7-10-26(31)29-23-8-9-25(28-18-23)30-27-15-19-12-20(16-27)14-21(13-19)17-27/h3-10,18-21H,2,11-17H2,1H3,(H,28,30)(H,29,31)/b10-7+. The van der Waals surface area contributed by atoms with Gasteiger partial charge in [-0.2, -0.15) is 0 Å². The molecule has 0 unspecified atom stereocenters. The number of anilines is 2. The van der Waals surface area contributed by atoms with Crippen LogP contribution in [0.1, 0.15) is 57.4 Å². The van der Waals surface area contributed by atoms with Crippen molar-refractivity contribution >= 4 is 23.5 Å². The summed E-state index contributed by atoms with van der Waals surface area (Å²) in [6, 6.07) is 11.7. The van der Waals surface area contributed by atoms with Gasteiger partial charge in [0.15, 0.2) is 0 Å². The molecule has 2 N–H and O–H groups in total. The van der Waals surface area contributed by atoms with Gasteiger partial charge in [0.1, 0.15) is 11.6 Å². The average molecular weight is 432 g/mol. The number of carbonyl (C=O) groups excluding carboxylic acids is 1. The van der Waals surface area contributed by atoms with Crippen molar-refractivity contribution in [2.45, 2.75) is 57.4 Å². The summed E-state index contributed by atoms with van der Waals surface area (Å²) in [5.41, 5.74) is 1.83. The molecule has 168 valence electrons. The van der Waals surface area contributed by atoms with Crippen molar-refractivity contribution in [3.63, 3.8) is 0 Å². The van der Waals surface area contributed by atoms with Crippen LogP contribution in [0.4, 0.5) is 11.5 Å². The average Bonchev–Trinajstić information content (AvgIpc) is 2.77. The number of nitrogens with one attached hydrogen (secondary N) is 2. The third-order valence-corrected chi connectivity index (χ3v) is 7.26. The Bertz CT molecular complexity index is 947. The van der Waals surface area contributed by atoms with E-state index in [1.807, 2.05) is 36.4 Å². The van der Waals surface area contributed by atoms with Gasteiger partial charge in [-0.25, -0.2) is 4.98 Å². The fourth-order valence-corrected chi connectivity index (χ4v) is 6.39. The van der Waals surface area contributed by atoms with Crippen molar-refractivity contribution in [1.82, 2.24) is 4.98 Å². The Hall–Kier alpha value is -2.82. The SMILES string of the molecule is CCCOc1ccccc1/C=C/C(=O)Nc1ccc(NC23CC4CC(CC(C4)C2)C3)nc1. The first-order valence-corrected chi connectivity index (χ1v) is 12.1. The minimum Gasteiger partial charge on any atom is -0.493 e. The molecule has 32 heavy (non-hydrogen) atoms. The second-order valence-corrected chi connectivity index (χ2v) is 9.96. The maximum absolute atomic E-state index is 12.4. The van der Waals surface area contributed by atoms with Crippen LogP contribution < -0.4 is 15.4 Å². The fourth-order valence-electron chi connectivity index (χ4n) is 6.39. The summed E-state index contributed by atoms with van der Waals surface area (Å²) < 4.78 is 5.75. The number of para-hydroxylation sites is 1. The predicted octanol–water partition coefficient (Wildman–Crippen LogP) is 5.90. The highest BCUT2D eigenvalue weighted by molar-refractivity contribution is 6.02. The van der Waals surface area contributed by atoms with Crippen LogP contribution in [0.25, 0.3) is 6.08 Å². The zero-order valence-electron chi connectivity index (χ0n) is 18.8. The van der Waals surface area contributed by atoms with Gasteiger partial charge in [0.05, 0.1) is 18.5 Å². The number of hydrogen-bond donors (Lipinski definition) is 2. The second kappa shape index (κ2) is 8.97. The largest absolute Gasteiger partial charge is 0.493 e. The first kappa shape index (κ1) is 21.0. The molecule has 4 saturated carbocycles. The molecule has 6 rings (SSSR count). The van der Waals surface area contributed by atoms with E-state index in [9.17, 15) is 4.79 Å². The molecule has 0 saturated heterocycles. The van der Waals surface area contributed by atoms with Crippen molar-refractivity contribution in [3.05, 3.63) is 54.2 Å². The van der Waals surface area contributed by atoms with Gasteiger partial charge in [0.25, 0.3) is 0 Å². The molecule has 0 spiro atoms. The lowest BCUT2D eigenvalue weighted by Crippen LogP contribution is -2.54. The van der Waals surface area contributed by atoms with E-state index in [0.717, 1.165) is 41.3 Å². The van der Waals surface area contributed by atoms with Gasteiger partial charge in [-0.05, 0) is 87.0 Å². The quantitative estimate of drug-likeness (QED) is 0.511. The van der Waals surface area contributed by atoms with Crippen LogP contribution in [0.5, 0.6) is 5.75 Å². The minimum atomic E-state index is -0.182. The molecular weight excluding hydrogens is 398 g/mol. The number of amides is 1. The van der Waals surface area contributed by atoms with E-state index in [1.54, 1.807) is 12.3 Å². The van der Waals surface area contributed by atoms with Crippen molar-refractivity contribution in [1.29, 1.82) is 0 Å². The predicted molar refractivity (Wildman–Crippen MR) is 129 cm³/mol. The molecule has 2 aromatic rings. The summed E-state index contributed by atoms with van der Waals surface area (Å²) in [6.07, 6.45) is 14.2. The first-order valence-electron chi connectivity index (χ1n) is 12.1. The van der Waals surface area contributed by atoms with Crippen LogP contribution in [0.2, 0.25) is 0 Å². The molecule has 4 aliphatic rings. The molecule has 5 nitrogen and oxygen atoms in total. The summed E-state index contributed by atoms with van der Waals surface area (Å²) in [6.45, 7) is 2.73. The maximum atomic E-state index is 12.4. The number of nitrogens with zero attached hydrogens (tertiary/aromatic N) is 1. The molecular formula is C27H33N3O2. The Morgan fingerprint density at radius 3 is 2.47 bits per heavy atom. The number of aromatic nitrogens is 1. The summed E-state index contributed by atoms with van der Waals surface area (Å²) in [5, 5.41) is 6.69. The number of ether oxygens (including phenoxy) is 1.